The van der Waals surface area contributed by atoms with Crippen molar-refractivity contribution in [3.63, 3.8) is 0 Å². The Morgan fingerprint density at radius 2 is 2.07 bits per heavy atom. The summed E-state index contributed by atoms with van der Waals surface area (Å²) < 4.78 is 15.0. The smallest absolute Gasteiger partial charge is 0.260 e. The maximum absolute atomic E-state index is 13.1. The van der Waals surface area contributed by atoms with Crippen LogP contribution in [-0.4, -0.2) is 20.3 Å². The van der Waals surface area contributed by atoms with Crippen molar-refractivity contribution in [2.45, 2.75) is 13.5 Å². The Balaban J connectivity index is 1.55. The largest absolute Gasteiger partial charge is 0.347 e. The number of halogens is 1. The Hall–Kier alpha value is -3.26. The molecule has 0 saturated carbocycles. The Bertz CT molecular complexity index is 1190. The quantitative estimate of drug-likeness (QED) is 0.569. The van der Waals surface area contributed by atoms with Gasteiger partial charge < -0.3 is 10.3 Å². The average Bonchev–Trinajstić information content (AvgIpc) is 3.20. The van der Waals surface area contributed by atoms with Crippen LogP contribution in [0, 0.1) is 12.7 Å². The molecule has 0 spiro atoms. The Kier molecular flexibility index (Phi) is 4.33. The van der Waals surface area contributed by atoms with E-state index in [1.165, 1.54) is 35.7 Å². The first-order valence-corrected chi connectivity index (χ1v) is 9.04. The molecule has 0 fully saturated rings. The van der Waals surface area contributed by atoms with Gasteiger partial charge in [0.25, 0.3) is 11.5 Å². The van der Waals surface area contributed by atoms with Gasteiger partial charge in [0.05, 0.1) is 12.2 Å². The van der Waals surface area contributed by atoms with Gasteiger partial charge in [-0.15, -0.1) is 0 Å². The number of nitrogens with one attached hydrogen (secondary N) is 2. The summed E-state index contributed by atoms with van der Waals surface area (Å²) in [5.41, 5.74) is 2.21. The Morgan fingerprint density at radius 3 is 2.78 bits per heavy atom. The second-order valence-electron chi connectivity index (χ2n) is 5.99. The Labute approximate surface area is 157 Å². The predicted molar refractivity (Wildman–Crippen MR) is 101 cm³/mol. The SMILES string of the molecule is Cc1c(CNC(=O)c2ccc[nH]c2=O)sc2nc(-c3ccc(F)cc3)cn12. The molecule has 0 unspecified atom stereocenters. The summed E-state index contributed by atoms with van der Waals surface area (Å²) in [7, 11) is 0. The second kappa shape index (κ2) is 6.81. The lowest BCUT2D eigenvalue weighted by molar-refractivity contribution is 0.0949. The summed E-state index contributed by atoms with van der Waals surface area (Å²) in [5.74, 6) is -0.708. The molecule has 0 aliphatic rings. The summed E-state index contributed by atoms with van der Waals surface area (Å²) >= 11 is 1.46. The van der Waals surface area contributed by atoms with Gasteiger partial charge in [-0.2, -0.15) is 0 Å². The highest BCUT2D eigenvalue weighted by molar-refractivity contribution is 7.17. The molecule has 136 valence electrons. The minimum Gasteiger partial charge on any atom is -0.347 e. The molecule has 8 heteroatoms. The first-order chi connectivity index (χ1) is 13.0. The number of rotatable bonds is 4. The van der Waals surface area contributed by atoms with Gasteiger partial charge in [-0.05, 0) is 43.3 Å². The molecular formula is C19H15FN4O2S. The summed E-state index contributed by atoms with van der Waals surface area (Å²) in [5, 5.41) is 2.77. The van der Waals surface area contributed by atoms with Crippen LogP contribution in [0.5, 0.6) is 0 Å². The average molecular weight is 382 g/mol. The van der Waals surface area contributed by atoms with Crippen LogP contribution in [0.1, 0.15) is 20.9 Å². The standard InChI is InChI=1S/C19H15FN4O2S/c1-11-16(9-22-18(26)14-3-2-8-21-17(14)25)27-19-23-15(10-24(11)19)12-4-6-13(20)7-5-12/h2-8,10H,9H2,1H3,(H,21,25)(H,22,26). The van der Waals surface area contributed by atoms with E-state index in [9.17, 15) is 14.0 Å². The number of hydrogen-bond donors (Lipinski definition) is 2. The van der Waals surface area contributed by atoms with E-state index in [1.54, 1.807) is 18.2 Å². The monoisotopic (exact) mass is 382 g/mol. The fourth-order valence-electron chi connectivity index (χ4n) is 2.77. The highest BCUT2D eigenvalue weighted by atomic mass is 32.1. The van der Waals surface area contributed by atoms with Gasteiger partial charge in [-0.3, -0.25) is 14.0 Å². The van der Waals surface area contributed by atoms with Crippen LogP contribution < -0.4 is 10.9 Å². The number of pyridine rings is 1. The minimum atomic E-state index is -0.422. The molecule has 3 heterocycles. The summed E-state index contributed by atoms with van der Waals surface area (Å²) in [4.78, 5) is 32.7. The lowest BCUT2D eigenvalue weighted by Gasteiger charge is -2.04. The van der Waals surface area contributed by atoms with Crippen molar-refractivity contribution in [3.8, 4) is 11.3 Å². The number of carbonyl (C=O) groups excluding carboxylic acids is 1. The van der Waals surface area contributed by atoms with Gasteiger partial charge in [-0.25, -0.2) is 9.37 Å². The molecule has 3 aromatic heterocycles. The van der Waals surface area contributed by atoms with Gasteiger partial charge in [0.15, 0.2) is 4.96 Å². The molecule has 2 N–H and O–H groups in total. The summed E-state index contributed by atoms with van der Waals surface area (Å²) in [6.07, 6.45) is 3.37. The number of benzene rings is 1. The van der Waals surface area contributed by atoms with E-state index in [4.69, 9.17) is 0 Å². The molecule has 1 amide bonds. The molecule has 0 atom stereocenters. The van der Waals surface area contributed by atoms with E-state index in [0.717, 1.165) is 26.8 Å². The third-order valence-corrected chi connectivity index (χ3v) is 5.42. The molecule has 4 rings (SSSR count). The van der Waals surface area contributed by atoms with E-state index in [1.807, 2.05) is 17.5 Å². The number of fused-ring (bicyclic) bond motifs is 1. The van der Waals surface area contributed by atoms with Crippen molar-refractivity contribution in [2.75, 3.05) is 0 Å². The van der Waals surface area contributed by atoms with Crippen LogP contribution >= 0.6 is 11.3 Å². The highest BCUT2D eigenvalue weighted by Crippen LogP contribution is 2.27. The number of nitrogens with zero attached hydrogens (tertiary/aromatic N) is 2. The normalized spacial score (nSPS) is 11.0. The molecule has 27 heavy (non-hydrogen) atoms. The van der Waals surface area contributed by atoms with Crippen molar-refractivity contribution in [1.29, 1.82) is 0 Å². The van der Waals surface area contributed by atoms with Crippen molar-refractivity contribution < 1.29 is 9.18 Å². The van der Waals surface area contributed by atoms with Crippen molar-refractivity contribution >= 4 is 22.2 Å². The molecule has 0 radical (unpaired) electrons. The lowest BCUT2D eigenvalue weighted by atomic mass is 10.2. The summed E-state index contributed by atoms with van der Waals surface area (Å²) in [6.45, 7) is 2.25. The van der Waals surface area contributed by atoms with Crippen LogP contribution in [0.15, 0.2) is 53.6 Å². The number of aryl methyl sites for hydroxylation is 1. The van der Waals surface area contributed by atoms with Crippen LogP contribution in [0.4, 0.5) is 4.39 Å². The third-order valence-electron chi connectivity index (χ3n) is 4.27. The Morgan fingerprint density at radius 1 is 1.30 bits per heavy atom. The maximum Gasteiger partial charge on any atom is 0.260 e. The van der Waals surface area contributed by atoms with Crippen LogP contribution in [-0.2, 0) is 6.54 Å². The van der Waals surface area contributed by atoms with Crippen LogP contribution in [0.2, 0.25) is 0 Å². The number of amides is 1. The van der Waals surface area contributed by atoms with E-state index < -0.39 is 11.5 Å². The predicted octanol–water partition coefficient (Wildman–Crippen LogP) is 3.13. The van der Waals surface area contributed by atoms with Gasteiger partial charge in [0, 0.05) is 28.5 Å². The van der Waals surface area contributed by atoms with Gasteiger partial charge >= 0.3 is 0 Å². The van der Waals surface area contributed by atoms with E-state index in [-0.39, 0.29) is 11.4 Å². The first-order valence-electron chi connectivity index (χ1n) is 8.22. The number of imidazole rings is 1. The molecular weight excluding hydrogens is 367 g/mol. The van der Waals surface area contributed by atoms with Gasteiger partial charge in [0.1, 0.15) is 11.4 Å². The zero-order valence-electron chi connectivity index (χ0n) is 14.3. The molecule has 0 aliphatic heterocycles. The molecule has 4 aromatic rings. The van der Waals surface area contributed by atoms with Crippen LogP contribution in [0.25, 0.3) is 16.2 Å². The zero-order chi connectivity index (χ0) is 19.0. The van der Waals surface area contributed by atoms with Crippen LogP contribution in [0.3, 0.4) is 0 Å². The first kappa shape index (κ1) is 17.2. The molecule has 0 bridgehead atoms. The van der Waals surface area contributed by atoms with Gasteiger partial charge in [0.2, 0.25) is 0 Å². The highest BCUT2D eigenvalue weighted by Gasteiger charge is 2.15. The number of hydrogen-bond acceptors (Lipinski definition) is 4. The number of aromatic amines is 1. The minimum absolute atomic E-state index is 0.0788. The fourth-order valence-corrected chi connectivity index (χ4v) is 3.82. The van der Waals surface area contributed by atoms with Gasteiger partial charge in [-0.1, -0.05) is 11.3 Å². The molecule has 0 saturated heterocycles. The zero-order valence-corrected chi connectivity index (χ0v) is 15.1. The fraction of sp³-hybridized carbons (Fsp3) is 0.105. The second-order valence-corrected chi connectivity index (χ2v) is 7.05. The lowest BCUT2D eigenvalue weighted by Crippen LogP contribution is -2.28. The van der Waals surface area contributed by atoms with E-state index in [2.05, 4.69) is 15.3 Å². The molecule has 1 aromatic carbocycles. The van der Waals surface area contributed by atoms with Crippen molar-refractivity contribution in [2.24, 2.45) is 0 Å². The number of H-pyrrole nitrogens is 1. The molecule has 0 aliphatic carbocycles. The number of thiazole rings is 1. The summed E-state index contributed by atoms with van der Waals surface area (Å²) in [6, 6.07) is 9.28. The van der Waals surface area contributed by atoms with E-state index in [0.29, 0.717) is 6.54 Å². The third kappa shape index (κ3) is 3.26. The number of carbonyl (C=O) groups is 1. The number of aromatic nitrogens is 3. The molecule has 6 nitrogen and oxygen atoms in total. The maximum atomic E-state index is 13.1. The van der Waals surface area contributed by atoms with Crippen molar-refractivity contribution in [1.82, 2.24) is 19.7 Å². The van der Waals surface area contributed by atoms with Crippen molar-refractivity contribution in [3.05, 3.63) is 81.1 Å². The topological polar surface area (TPSA) is 79.3 Å². The van der Waals surface area contributed by atoms with E-state index >= 15 is 0 Å².